The van der Waals surface area contributed by atoms with Gasteiger partial charge < -0.3 is 14.5 Å². The predicted molar refractivity (Wildman–Crippen MR) is 154 cm³/mol. The average Bonchev–Trinajstić information content (AvgIpc) is 3.38. The topological polar surface area (TPSA) is 50.6 Å². The van der Waals surface area contributed by atoms with Crippen molar-refractivity contribution in [3.05, 3.63) is 77.1 Å². The number of halogens is 3. The summed E-state index contributed by atoms with van der Waals surface area (Å²) in [4.78, 5) is 16.7. The molecule has 4 rings (SSSR count). The second-order valence-corrected chi connectivity index (χ2v) is 9.98. The Morgan fingerprint density at radius 3 is 2.25 bits per heavy atom. The summed E-state index contributed by atoms with van der Waals surface area (Å²) in [5.74, 6) is 0.0879. The van der Waals surface area contributed by atoms with Crippen molar-refractivity contribution in [3.8, 4) is 11.4 Å². The molecule has 220 valence electrons. The average molecular weight is 561 g/mol. The van der Waals surface area contributed by atoms with Crippen molar-refractivity contribution in [2.45, 2.75) is 66.1 Å². The number of fused-ring (bicyclic) bond motifs is 1. The summed E-state index contributed by atoms with van der Waals surface area (Å²) in [6.45, 7) is 10.6. The number of nitrogens with zero attached hydrogens (tertiary/aromatic N) is 4. The maximum absolute atomic E-state index is 14.0. The minimum absolute atomic E-state index is 0.239. The number of para-hydroxylation sites is 1. The minimum atomic E-state index is -4.73. The molecule has 40 heavy (non-hydrogen) atoms. The molecule has 0 aliphatic carbocycles. The lowest BCUT2D eigenvalue weighted by Gasteiger charge is -2.29. The minimum Gasteiger partial charge on any atom is -0.494 e. The fourth-order valence-corrected chi connectivity index (χ4v) is 4.08. The first kappa shape index (κ1) is 32.9. The van der Waals surface area contributed by atoms with Crippen LogP contribution in [0.15, 0.2) is 54.7 Å². The lowest BCUT2D eigenvalue weighted by atomic mass is 9.98. The van der Waals surface area contributed by atoms with Gasteiger partial charge in [0.25, 0.3) is 5.91 Å². The van der Waals surface area contributed by atoms with E-state index in [2.05, 4.69) is 37.7 Å². The molecule has 1 aliphatic rings. The van der Waals surface area contributed by atoms with Gasteiger partial charge in [0.15, 0.2) is 5.69 Å². The molecule has 3 aromatic rings. The van der Waals surface area contributed by atoms with Crippen molar-refractivity contribution in [2.75, 3.05) is 33.8 Å². The van der Waals surface area contributed by atoms with E-state index in [-0.39, 0.29) is 12.2 Å². The van der Waals surface area contributed by atoms with Gasteiger partial charge in [-0.3, -0.25) is 4.79 Å². The first-order valence-electron chi connectivity index (χ1n) is 14.0. The molecular weight excluding hydrogens is 517 g/mol. The molecule has 9 heteroatoms. The lowest BCUT2D eigenvalue weighted by Crippen LogP contribution is -2.37. The van der Waals surface area contributed by atoms with E-state index in [1.807, 2.05) is 32.3 Å². The van der Waals surface area contributed by atoms with Gasteiger partial charge in [-0.25, -0.2) is 4.68 Å². The molecule has 6 nitrogen and oxygen atoms in total. The van der Waals surface area contributed by atoms with Crippen molar-refractivity contribution >= 4 is 5.91 Å². The van der Waals surface area contributed by atoms with Crippen LogP contribution >= 0.6 is 0 Å². The van der Waals surface area contributed by atoms with Crippen molar-refractivity contribution < 1.29 is 22.7 Å². The van der Waals surface area contributed by atoms with Crippen LogP contribution in [0.5, 0.6) is 5.75 Å². The number of amides is 1. The molecule has 2 heterocycles. The Hall–Kier alpha value is -3.33. The fourth-order valence-electron chi connectivity index (χ4n) is 4.08. The maximum Gasteiger partial charge on any atom is 0.434 e. The number of carbonyl (C=O) groups excluding carboxylic acids is 1. The van der Waals surface area contributed by atoms with Gasteiger partial charge in [-0.15, -0.1) is 0 Å². The zero-order valence-corrected chi connectivity index (χ0v) is 24.6. The molecule has 0 unspecified atom stereocenters. The Morgan fingerprint density at radius 2 is 1.65 bits per heavy atom. The Morgan fingerprint density at radius 1 is 1.00 bits per heavy atom. The molecule has 0 N–H and O–H groups in total. The smallest absolute Gasteiger partial charge is 0.434 e. The highest BCUT2D eigenvalue weighted by molar-refractivity contribution is 5.95. The number of benzene rings is 2. The summed E-state index contributed by atoms with van der Waals surface area (Å²) in [5.41, 5.74) is 0.696. The molecule has 1 aliphatic heterocycles. The summed E-state index contributed by atoms with van der Waals surface area (Å²) in [5, 5.41) is 3.90. The van der Waals surface area contributed by atoms with E-state index in [4.69, 9.17) is 4.74 Å². The summed E-state index contributed by atoms with van der Waals surface area (Å²) in [6.07, 6.45) is 0.233. The first-order chi connectivity index (χ1) is 19.1. The quantitative estimate of drug-likeness (QED) is 0.286. The number of alkyl halides is 3. The van der Waals surface area contributed by atoms with Crippen molar-refractivity contribution in [3.63, 3.8) is 0 Å². The van der Waals surface area contributed by atoms with Crippen LogP contribution in [-0.2, 0) is 19.1 Å². The van der Waals surface area contributed by atoms with E-state index in [0.29, 0.717) is 19.6 Å². The second-order valence-electron chi connectivity index (χ2n) is 9.98. The van der Waals surface area contributed by atoms with Gasteiger partial charge in [0, 0.05) is 19.6 Å². The van der Waals surface area contributed by atoms with Crippen molar-refractivity contribution in [1.82, 2.24) is 19.6 Å². The highest BCUT2D eigenvalue weighted by Gasteiger charge is 2.41. The van der Waals surface area contributed by atoms with Gasteiger partial charge in [0.1, 0.15) is 5.75 Å². The third kappa shape index (κ3) is 9.40. The van der Waals surface area contributed by atoms with Crippen LogP contribution in [0.2, 0.25) is 0 Å². The first-order valence-corrected chi connectivity index (χ1v) is 14.0. The molecule has 0 atom stereocenters. The molecule has 0 spiro atoms. The van der Waals surface area contributed by atoms with Gasteiger partial charge in [-0.2, -0.15) is 18.3 Å². The number of hydrogen-bond donors (Lipinski definition) is 0. The van der Waals surface area contributed by atoms with E-state index in [9.17, 15) is 18.0 Å². The Kier molecular flexibility index (Phi) is 13.2. The molecular formula is C31H43F3N4O2. The van der Waals surface area contributed by atoms with E-state index in [1.165, 1.54) is 29.9 Å². The van der Waals surface area contributed by atoms with Crippen LogP contribution in [0.4, 0.5) is 13.2 Å². The predicted octanol–water partition coefficient (Wildman–Crippen LogP) is 7.25. The highest BCUT2D eigenvalue weighted by atomic mass is 19.4. The van der Waals surface area contributed by atoms with Crippen molar-refractivity contribution in [1.29, 1.82) is 0 Å². The largest absolute Gasteiger partial charge is 0.494 e. The number of carbonyl (C=O) groups is 1. The molecule has 0 saturated heterocycles. The van der Waals surface area contributed by atoms with Gasteiger partial charge >= 0.3 is 6.18 Å². The molecule has 1 amide bonds. The normalized spacial score (nSPS) is 12.6. The van der Waals surface area contributed by atoms with Crippen LogP contribution in [0.3, 0.4) is 0 Å². The third-order valence-corrected chi connectivity index (χ3v) is 5.76. The number of hydrogen-bond acceptors (Lipinski definition) is 4. The summed E-state index contributed by atoms with van der Waals surface area (Å²) < 4.78 is 48.5. The van der Waals surface area contributed by atoms with Gasteiger partial charge in [-0.05, 0) is 62.3 Å². The monoisotopic (exact) mass is 560 g/mol. The molecule has 0 fully saturated rings. The highest BCUT2D eigenvalue weighted by Crippen LogP contribution is 2.35. The number of rotatable bonds is 7. The maximum atomic E-state index is 14.0. The molecule has 0 radical (unpaired) electrons. The zero-order valence-electron chi connectivity index (χ0n) is 24.6. The molecule has 2 aromatic carbocycles. The fraction of sp³-hybridized carbons (Fsp3) is 0.484. The van der Waals surface area contributed by atoms with Crippen LogP contribution in [0, 0.1) is 0 Å². The van der Waals surface area contributed by atoms with Crippen LogP contribution in [0.1, 0.15) is 74.1 Å². The van der Waals surface area contributed by atoms with Crippen LogP contribution in [-0.4, -0.2) is 59.3 Å². The van der Waals surface area contributed by atoms with Gasteiger partial charge in [-0.1, -0.05) is 64.8 Å². The summed E-state index contributed by atoms with van der Waals surface area (Å²) in [7, 11) is 4.02. The third-order valence-electron chi connectivity index (χ3n) is 5.76. The van der Waals surface area contributed by atoms with Gasteiger partial charge in [0.2, 0.25) is 0 Å². The van der Waals surface area contributed by atoms with Gasteiger partial charge in [0.05, 0.1) is 24.1 Å². The van der Waals surface area contributed by atoms with Crippen molar-refractivity contribution in [2.24, 2.45) is 0 Å². The SMILES string of the molecule is CCC.CCC.CN(C)CCCOc1ccc2c(c1)CCN(C(=O)c1cnn(-c3ccccc3)c1C(F)(F)F)C2. The molecule has 0 saturated carbocycles. The van der Waals surface area contributed by atoms with E-state index in [0.717, 1.165) is 40.7 Å². The summed E-state index contributed by atoms with van der Waals surface area (Å²) in [6, 6.07) is 13.7. The Bertz CT molecular complexity index is 1180. The summed E-state index contributed by atoms with van der Waals surface area (Å²) >= 11 is 0. The van der Waals surface area contributed by atoms with Crippen LogP contribution < -0.4 is 4.74 Å². The van der Waals surface area contributed by atoms with E-state index < -0.39 is 23.3 Å². The lowest BCUT2D eigenvalue weighted by molar-refractivity contribution is -0.143. The Balaban J connectivity index is 0.000000858. The molecule has 0 bridgehead atoms. The number of aromatic nitrogens is 2. The molecule has 1 aromatic heterocycles. The standard InChI is InChI=1S/C25H27F3N4O2.2C3H8/c1-30(2)12-6-14-34-21-10-9-19-17-31(13-11-18(19)15-21)24(33)22-16-29-32(23(22)25(26,27)28)20-7-4-3-5-8-20;2*1-3-2/h3-5,7-10,15-16H,6,11-14,17H2,1-2H3;2*3H2,1-2H3. The second kappa shape index (κ2) is 16.1. The number of ether oxygens (including phenoxy) is 1. The van der Waals surface area contributed by atoms with E-state index in [1.54, 1.807) is 18.2 Å². The van der Waals surface area contributed by atoms with E-state index >= 15 is 0 Å². The zero-order chi connectivity index (χ0) is 29.7. The van der Waals surface area contributed by atoms with Crippen LogP contribution in [0.25, 0.3) is 5.69 Å². The Labute approximate surface area is 236 Å².